The normalized spacial score (nSPS) is 18.7. The van der Waals surface area contributed by atoms with Crippen molar-refractivity contribution >= 4 is 5.91 Å². The second kappa shape index (κ2) is 7.82. The van der Waals surface area contributed by atoms with E-state index >= 15 is 0 Å². The molecule has 1 fully saturated rings. The number of rotatable bonds is 9. The smallest absolute Gasteiger partial charge is 0.223 e. The van der Waals surface area contributed by atoms with Crippen molar-refractivity contribution in [3.63, 3.8) is 0 Å². The van der Waals surface area contributed by atoms with Crippen molar-refractivity contribution in [2.24, 2.45) is 11.1 Å². The molecule has 19 heavy (non-hydrogen) atoms. The number of methoxy groups -OCH3 is 2. The summed E-state index contributed by atoms with van der Waals surface area (Å²) >= 11 is 0. The lowest BCUT2D eigenvalue weighted by atomic mass is 9.66. The average Bonchev–Trinajstić information content (AvgIpc) is 2.34. The van der Waals surface area contributed by atoms with Crippen molar-refractivity contribution in [3.05, 3.63) is 0 Å². The van der Waals surface area contributed by atoms with Gasteiger partial charge in [0.2, 0.25) is 5.91 Å². The Kier molecular flexibility index (Phi) is 6.75. The highest BCUT2D eigenvalue weighted by Crippen LogP contribution is 2.43. The van der Waals surface area contributed by atoms with Crippen LogP contribution < -0.4 is 5.73 Å². The monoisotopic (exact) mass is 272 g/mol. The van der Waals surface area contributed by atoms with E-state index in [-0.39, 0.29) is 17.4 Å². The van der Waals surface area contributed by atoms with Crippen molar-refractivity contribution in [2.75, 3.05) is 40.5 Å². The zero-order chi connectivity index (χ0) is 14.3. The number of carbonyl (C=O) groups excluding carboxylic acids is 1. The van der Waals surface area contributed by atoms with Gasteiger partial charge in [-0.2, -0.15) is 0 Å². The fourth-order valence-corrected chi connectivity index (χ4v) is 2.66. The molecule has 0 aliphatic heterocycles. The third kappa shape index (κ3) is 4.44. The van der Waals surface area contributed by atoms with Crippen LogP contribution in [0.4, 0.5) is 0 Å². The number of hydrogen-bond acceptors (Lipinski definition) is 4. The van der Waals surface area contributed by atoms with Gasteiger partial charge in [-0.1, -0.05) is 6.42 Å². The molecule has 0 saturated heterocycles. The number of amides is 1. The molecule has 1 atom stereocenters. The van der Waals surface area contributed by atoms with Crippen molar-refractivity contribution in [1.29, 1.82) is 0 Å². The fourth-order valence-electron chi connectivity index (χ4n) is 2.66. The predicted octanol–water partition coefficient (Wildman–Crippen LogP) is 1.02. The summed E-state index contributed by atoms with van der Waals surface area (Å²) in [4.78, 5) is 14.4. The molecule has 5 nitrogen and oxygen atoms in total. The fraction of sp³-hybridized carbons (Fsp3) is 0.929. The Morgan fingerprint density at radius 1 is 1.37 bits per heavy atom. The molecule has 112 valence electrons. The first kappa shape index (κ1) is 16.4. The Labute approximate surface area is 116 Å². The first-order chi connectivity index (χ1) is 9.08. The Morgan fingerprint density at radius 3 is 2.47 bits per heavy atom. The molecule has 1 aliphatic carbocycles. The van der Waals surface area contributed by atoms with E-state index in [1.54, 1.807) is 14.2 Å². The van der Waals surface area contributed by atoms with Gasteiger partial charge in [0.15, 0.2) is 0 Å². The summed E-state index contributed by atoms with van der Waals surface area (Å²) < 4.78 is 10.2. The van der Waals surface area contributed by atoms with Crippen LogP contribution in [-0.4, -0.2) is 57.4 Å². The standard InChI is InChI=1S/C14H28N2O3/c1-12(10-19-3)16(7-8-18-2)13(17)9-14(11-15)5-4-6-14/h12H,4-11,15H2,1-3H3. The minimum Gasteiger partial charge on any atom is -0.383 e. The lowest BCUT2D eigenvalue weighted by Gasteiger charge is -2.42. The first-order valence-electron chi connectivity index (χ1n) is 7.06. The molecule has 0 spiro atoms. The minimum atomic E-state index is 0.0508. The van der Waals surface area contributed by atoms with Gasteiger partial charge in [-0.05, 0) is 31.7 Å². The molecular formula is C14H28N2O3. The van der Waals surface area contributed by atoms with Crippen LogP contribution in [0.5, 0.6) is 0 Å². The third-order valence-corrected chi connectivity index (χ3v) is 4.17. The van der Waals surface area contributed by atoms with E-state index in [9.17, 15) is 4.79 Å². The Morgan fingerprint density at radius 2 is 2.05 bits per heavy atom. The first-order valence-corrected chi connectivity index (χ1v) is 7.06. The highest BCUT2D eigenvalue weighted by molar-refractivity contribution is 5.77. The highest BCUT2D eigenvalue weighted by atomic mass is 16.5. The lowest BCUT2D eigenvalue weighted by molar-refractivity contribution is -0.139. The number of ether oxygens (including phenoxy) is 2. The molecule has 2 N–H and O–H groups in total. The van der Waals surface area contributed by atoms with Crippen LogP contribution in [0.2, 0.25) is 0 Å². The van der Waals surface area contributed by atoms with Crippen LogP contribution in [0, 0.1) is 5.41 Å². The van der Waals surface area contributed by atoms with Crippen LogP contribution in [0.1, 0.15) is 32.6 Å². The zero-order valence-corrected chi connectivity index (χ0v) is 12.5. The molecule has 1 unspecified atom stereocenters. The van der Waals surface area contributed by atoms with Gasteiger partial charge in [0.25, 0.3) is 0 Å². The summed E-state index contributed by atoms with van der Waals surface area (Å²) in [5.41, 5.74) is 5.88. The van der Waals surface area contributed by atoms with Gasteiger partial charge in [0.05, 0.1) is 19.3 Å². The maximum Gasteiger partial charge on any atom is 0.223 e. The van der Waals surface area contributed by atoms with Crippen molar-refractivity contribution in [2.45, 2.75) is 38.6 Å². The van der Waals surface area contributed by atoms with E-state index in [1.165, 1.54) is 6.42 Å². The van der Waals surface area contributed by atoms with Crippen molar-refractivity contribution in [3.8, 4) is 0 Å². The molecular weight excluding hydrogens is 244 g/mol. The summed E-state index contributed by atoms with van der Waals surface area (Å²) in [5, 5.41) is 0. The van der Waals surface area contributed by atoms with Crippen LogP contribution in [-0.2, 0) is 14.3 Å². The van der Waals surface area contributed by atoms with E-state index in [2.05, 4.69) is 0 Å². The van der Waals surface area contributed by atoms with Gasteiger partial charge in [-0.3, -0.25) is 4.79 Å². The van der Waals surface area contributed by atoms with E-state index in [4.69, 9.17) is 15.2 Å². The van der Waals surface area contributed by atoms with E-state index in [0.717, 1.165) is 12.8 Å². The van der Waals surface area contributed by atoms with Gasteiger partial charge in [-0.25, -0.2) is 0 Å². The molecule has 5 heteroatoms. The number of nitrogens with zero attached hydrogens (tertiary/aromatic N) is 1. The largest absolute Gasteiger partial charge is 0.383 e. The molecule has 0 radical (unpaired) electrons. The number of nitrogens with two attached hydrogens (primary N) is 1. The Balaban J connectivity index is 2.59. The number of carbonyl (C=O) groups is 1. The molecule has 0 aromatic heterocycles. The van der Waals surface area contributed by atoms with Gasteiger partial charge < -0.3 is 20.1 Å². The van der Waals surface area contributed by atoms with Crippen LogP contribution >= 0.6 is 0 Å². The summed E-state index contributed by atoms with van der Waals surface area (Å²) in [6.45, 7) is 4.32. The van der Waals surface area contributed by atoms with Gasteiger partial charge in [-0.15, -0.1) is 0 Å². The SMILES string of the molecule is COCCN(C(=O)CC1(CN)CCC1)C(C)COC. The van der Waals surface area contributed by atoms with Gasteiger partial charge in [0, 0.05) is 27.2 Å². The van der Waals surface area contributed by atoms with E-state index in [1.807, 2.05) is 11.8 Å². The second-order valence-electron chi connectivity index (χ2n) is 5.62. The Hall–Kier alpha value is -0.650. The van der Waals surface area contributed by atoms with E-state index < -0.39 is 0 Å². The molecule has 0 heterocycles. The molecule has 0 aromatic rings. The minimum absolute atomic E-state index is 0.0508. The molecule has 1 saturated carbocycles. The molecule has 1 rings (SSSR count). The summed E-state index contributed by atoms with van der Waals surface area (Å²) in [5.74, 6) is 0.173. The predicted molar refractivity (Wildman–Crippen MR) is 74.9 cm³/mol. The molecule has 0 bridgehead atoms. The highest BCUT2D eigenvalue weighted by Gasteiger charge is 2.39. The average molecular weight is 272 g/mol. The lowest BCUT2D eigenvalue weighted by Crippen LogP contribution is -2.48. The maximum atomic E-state index is 12.5. The molecule has 0 aromatic carbocycles. The maximum absolute atomic E-state index is 12.5. The quantitative estimate of drug-likeness (QED) is 0.680. The van der Waals surface area contributed by atoms with Crippen molar-refractivity contribution in [1.82, 2.24) is 4.90 Å². The Bertz CT molecular complexity index is 274. The summed E-state index contributed by atoms with van der Waals surface area (Å²) in [6.07, 6.45) is 3.90. The summed E-state index contributed by atoms with van der Waals surface area (Å²) in [7, 11) is 3.31. The summed E-state index contributed by atoms with van der Waals surface area (Å²) in [6, 6.07) is 0.0718. The molecule has 1 amide bonds. The molecule has 1 aliphatic rings. The van der Waals surface area contributed by atoms with E-state index in [0.29, 0.717) is 32.7 Å². The zero-order valence-electron chi connectivity index (χ0n) is 12.5. The van der Waals surface area contributed by atoms with Gasteiger partial charge in [0.1, 0.15) is 0 Å². The van der Waals surface area contributed by atoms with Crippen LogP contribution in [0.25, 0.3) is 0 Å². The van der Waals surface area contributed by atoms with Gasteiger partial charge >= 0.3 is 0 Å². The van der Waals surface area contributed by atoms with Crippen LogP contribution in [0.3, 0.4) is 0 Å². The second-order valence-corrected chi connectivity index (χ2v) is 5.62. The van der Waals surface area contributed by atoms with Crippen molar-refractivity contribution < 1.29 is 14.3 Å². The third-order valence-electron chi connectivity index (χ3n) is 4.17. The topological polar surface area (TPSA) is 64.8 Å². The number of hydrogen-bond donors (Lipinski definition) is 1. The van der Waals surface area contributed by atoms with Crippen LogP contribution in [0.15, 0.2) is 0 Å².